The number of nitrogens with zero attached hydrogens (tertiary/aromatic N) is 3. The van der Waals surface area contributed by atoms with Crippen molar-refractivity contribution in [2.75, 3.05) is 11.9 Å². The monoisotopic (exact) mass is 406 g/mol. The molecule has 0 radical (unpaired) electrons. The van der Waals surface area contributed by atoms with Crippen LogP contribution in [0.4, 0.5) is 14.8 Å². The van der Waals surface area contributed by atoms with Crippen LogP contribution in [0.3, 0.4) is 0 Å². The molecule has 0 atom stereocenters. The predicted molar refractivity (Wildman–Crippen MR) is 94.7 cm³/mol. The Labute approximate surface area is 161 Å². The Morgan fingerprint density at radius 2 is 1.93 bits per heavy atom. The third-order valence-corrected chi connectivity index (χ3v) is 3.94. The number of esters is 1. The van der Waals surface area contributed by atoms with Crippen LogP contribution in [0.5, 0.6) is 0 Å². The minimum atomic E-state index is -2.75. The van der Waals surface area contributed by atoms with Crippen LogP contribution < -0.4 is 5.32 Å². The molecule has 1 aromatic carbocycles. The number of alkyl halides is 2. The standard InChI is InChI=1S/C17H12F2N4O4S/c18-16(19)28-14-11(7-4-8-20-14)15(25)26-9-12(24)21-17-23-22-13(27-17)10-5-2-1-3-6-10/h1-8,16H,9H2,(H,21,23,24). The molecule has 1 amide bonds. The van der Waals surface area contributed by atoms with Gasteiger partial charge in [-0.1, -0.05) is 23.3 Å². The molecule has 0 unspecified atom stereocenters. The highest BCUT2D eigenvalue weighted by Gasteiger charge is 2.19. The number of halogens is 2. The van der Waals surface area contributed by atoms with Gasteiger partial charge in [-0.15, -0.1) is 5.10 Å². The van der Waals surface area contributed by atoms with E-state index >= 15 is 0 Å². The topological polar surface area (TPSA) is 107 Å². The van der Waals surface area contributed by atoms with Gasteiger partial charge in [0.1, 0.15) is 5.03 Å². The number of hydrogen-bond acceptors (Lipinski definition) is 8. The molecule has 2 heterocycles. The van der Waals surface area contributed by atoms with E-state index < -0.39 is 24.2 Å². The van der Waals surface area contributed by atoms with Crippen molar-refractivity contribution in [2.45, 2.75) is 10.8 Å². The van der Waals surface area contributed by atoms with Crippen LogP contribution in [-0.2, 0) is 9.53 Å². The van der Waals surface area contributed by atoms with Gasteiger partial charge in [-0.2, -0.15) is 8.78 Å². The van der Waals surface area contributed by atoms with Crippen molar-refractivity contribution >= 4 is 29.7 Å². The fraction of sp³-hybridized carbons (Fsp3) is 0.118. The molecule has 3 aromatic rings. The number of hydrogen-bond donors (Lipinski definition) is 1. The number of nitrogens with one attached hydrogen (secondary N) is 1. The van der Waals surface area contributed by atoms with E-state index in [1.165, 1.54) is 18.3 Å². The second-order valence-corrected chi connectivity index (χ2v) is 6.12. The van der Waals surface area contributed by atoms with Gasteiger partial charge < -0.3 is 9.15 Å². The number of rotatable bonds is 7. The maximum atomic E-state index is 12.5. The van der Waals surface area contributed by atoms with Crippen molar-refractivity contribution in [3.63, 3.8) is 0 Å². The molecule has 0 spiro atoms. The zero-order chi connectivity index (χ0) is 19.9. The second kappa shape index (κ2) is 9.04. The van der Waals surface area contributed by atoms with Crippen molar-refractivity contribution in [2.24, 2.45) is 0 Å². The van der Waals surface area contributed by atoms with Gasteiger partial charge in [0.2, 0.25) is 5.89 Å². The molecule has 2 aromatic heterocycles. The average molecular weight is 406 g/mol. The summed E-state index contributed by atoms with van der Waals surface area (Å²) in [7, 11) is 0. The summed E-state index contributed by atoms with van der Waals surface area (Å²) < 4.78 is 35.2. The number of amides is 1. The molecular formula is C17H12F2N4O4S. The second-order valence-electron chi connectivity index (χ2n) is 5.14. The van der Waals surface area contributed by atoms with Crippen molar-refractivity contribution < 1.29 is 27.5 Å². The zero-order valence-electron chi connectivity index (χ0n) is 14.0. The summed E-state index contributed by atoms with van der Waals surface area (Å²) in [6.45, 7) is -0.671. The van der Waals surface area contributed by atoms with E-state index in [2.05, 4.69) is 20.5 Å². The van der Waals surface area contributed by atoms with Gasteiger partial charge >= 0.3 is 12.0 Å². The van der Waals surface area contributed by atoms with Crippen LogP contribution in [0.15, 0.2) is 58.1 Å². The first kappa shape index (κ1) is 19.4. The largest absolute Gasteiger partial charge is 0.452 e. The van der Waals surface area contributed by atoms with Crippen LogP contribution >= 0.6 is 11.8 Å². The lowest BCUT2D eigenvalue weighted by Crippen LogP contribution is -2.21. The molecule has 0 bridgehead atoms. The molecule has 0 fully saturated rings. The lowest BCUT2D eigenvalue weighted by atomic mass is 10.2. The molecular weight excluding hydrogens is 394 g/mol. The normalized spacial score (nSPS) is 10.7. The summed E-state index contributed by atoms with van der Waals surface area (Å²) in [5.74, 6) is -4.23. The number of thioether (sulfide) groups is 1. The molecule has 144 valence electrons. The minimum Gasteiger partial charge on any atom is -0.452 e. The molecule has 11 heteroatoms. The van der Waals surface area contributed by atoms with Gasteiger partial charge in [0.15, 0.2) is 6.61 Å². The molecule has 0 saturated heterocycles. The van der Waals surface area contributed by atoms with E-state index in [-0.39, 0.29) is 34.3 Å². The van der Waals surface area contributed by atoms with Crippen LogP contribution in [0.1, 0.15) is 10.4 Å². The summed E-state index contributed by atoms with van der Waals surface area (Å²) in [6, 6.07) is 11.4. The summed E-state index contributed by atoms with van der Waals surface area (Å²) in [5, 5.41) is 9.58. The van der Waals surface area contributed by atoms with Crippen molar-refractivity contribution in [3.8, 4) is 11.5 Å². The van der Waals surface area contributed by atoms with Crippen molar-refractivity contribution in [3.05, 3.63) is 54.2 Å². The van der Waals surface area contributed by atoms with E-state index in [9.17, 15) is 18.4 Å². The number of aromatic nitrogens is 3. The Kier molecular flexibility index (Phi) is 6.27. The third kappa shape index (κ3) is 5.10. The van der Waals surface area contributed by atoms with Crippen molar-refractivity contribution in [1.29, 1.82) is 0 Å². The number of pyridine rings is 1. The van der Waals surface area contributed by atoms with Gasteiger partial charge in [-0.3, -0.25) is 10.1 Å². The quantitative estimate of drug-likeness (QED) is 0.471. The highest BCUT2D eigenvalue weighted by atomic mass is 32.2. The Hall–Kier alpha value is -3.34. The first-order chi connectivity index (χ1) is 13.5. The predicted octanol–water partition coefficient (Wildman–Crippen LogP) is 3.24. The maximum Gasteiger partial charge on any atom is 0.341 e. The summed E-state index contributed by atoms with van der Waals surface area (Å²) >= 11 is 0.112. The highest BCUT2D eigenvalue weighted by Crippen LogP contribution is 2.26. The molecule has 1 N–H and O–H groups in total. The number of carbonyl (C=O) groups is 2. The molecule has 0 aliphatic rings. The lowest BCUT2D eigenvalue weighted by Gasteiger charge is -2.07. The van der Waals surface area contributed by atoms with E-state index in [1.54, 1.807) is 24.3 Å². The fourth-order valence-electron chi connectivity index (χ4n) is 2.06. The lowest BCUT2D eigenvalue weighted by molar-refractivity contribution is -0.119. The van der Waals surface area contributed by atoms with Crippen LogP contribution in [0, 0.1) is 0 Å². The van der Waals surface area contributed by atoms with E-state index in [0.717, 1.165) is 0 Å². The SMILES string of the molecule is O=C(COC(=O)c1cccnc1SC(F)F)Nc1nnc(-c2ccccc2)o1. The highest BCUT2D eigenvalue weighted by molar-refractivity contribution is 7.99. The van der Waals surface area contributed by atoms with Crippen LogP contribution in [0.2, 0.25) is 0 Å². The summed E-state index contributed by atoms with van der Waals surface area (Å²) in [6.07, 6.45) is 1.27. The molecule has 0 aliphatic heterocycles. The fourth-order valence-corrected chi connectivity index (χ4v) is 2.63. The molecule has 28 heavy (non-hydrogen) atoms. The molecule has 0 aliphatic carbocycles. The number of carbonyl (C=O) groups excluding carboxylic acids is 2. The Morgan fingerprint density at radius 1 is 1.14 bits per heavy atom. The molecule has 8 nitrogen and oxygen atoms in total. The van der Waals surface area contributed by atoms with Gasteiger partial charge in [0.25, 0.3) is 11.7 Å². The van der Waals surface area contributed by atoms with Crippen molar-refractivity contribution in [1.82, 2.24) is 15.2 Å². The first-order valence-corrected chi connectivity index (χ1v) is 8.66. The van der Waals surface area contributed by atoms with Gasteiger partial charge in [0, 0.05) is 11.8 Å². The first-order valence-electron chi connectivity index (χ1n) is 7.78. The summed E-state index contributed by atoms with van der Waals surface area (Å²) in [4.78, 5) is 27.7. The van der Waals surface area contributed by atoms with Gasteiger partial charge in [-0.05, 0) is 36.0 Å². The number of benzene rings is 1. The Bertz CT molecular complexity index is 969. The average Bonchev–Trinajstić information content (AvgIpc) is 3.15. The minimum absolute atomic E-state index is 0.112. The summed E-state index contributed by atoms with van der Waals surface area (Å²) in [5.41, 5.74) is 0.507. The van der Waals surface area contributed by atoms with Gasteiger partial charge in [0.05, 0.1) is 5.56 Å². The smallest absolute Gasteiger partial charge is 0.341 e. The number of anilines is 1. The number of ether oxygens (including phenoxy) is 1. The van der Waals surface area contributed by atoms with E-state index in [1.807, 2.05) is 6.07 Å². The van der Waals surface area contributed by atoms with E-state index in [4.69, 9.17) is 9.15 Å². The van der Waals surface area contributed by atoms with Crippen LogP contribution in [-0.4, -0.2) is 39.4 Å². The molecule has 0 saturated carbocycles. The van der Waals surface area contributed by atoms with Gasteiger partial charge in [-0.25, -0.2) is 9.78 Å². The molecule has 3 rings (SSSR count). The van der Waals surface area contributed by atoms with Crippen LogP contribution in [0.25, 0.3) is 11.5 Å². The Balaban J connectivity index is 1.56. The Morgan fingerprint density at radius 3 is 2.68 bits per heavy atom. The maximum absolute atomic E-state index is 12.5. The third-order valence-electron chi connectivity index (χ3n) is 3.22. The zero-order valence-corrected chi connectivity index (χ0v) is 14.9. The van der Waals surface area contributed by atoms with E-state index in [0.29, 0.717) is 5.56 Å².